The summed E-state index contributed by atoms with van der Waals surface area (Å²) >= 11 is 0. The minimum atomic E-state index is -0.688. The van der Waals surface area contributed by atoms with Crippen LogP contribution in [0.25, 0.3) is 0 Å². The van der Waals surface area contributed by atoms with Gasteiger partial charge in [-0.3, -0.25) is 4.79 Å². The summed E-state index contributed by atoms with van der Waals surface area (Å²) in [5.74, 6) is -0.229. The number of rotatable bonds is 5. The molecular formula is C23H36BNO5. The Balaban J connectivity index is 1.56. The van der Waals surface area contributed by atoms with Crippen LogP contribution in [0.1, 0.15) is 74.1 Å². The van der Waals surface area contributed by atoms with Crippen LogP contribution >= 0.6 is 0 Å². The lowest BCUT2D eigenvalue weighted by molar-refractivity contribution is -0.149. The second-order valence-electron chi connectivity index (χ2n) is 10.9. The normalized spacial score (nSPS) is 27.0. The van der Waals surface area contributed by atoms with Gasteiger partial charge >= 0.3 is 13.1 Å². The highest BCUT2D eigenvalue weighted by Crippen LogP contribution is 2.41. The van der Waals surface area contributed by atoms with Crippen LogP contribution in [0, 0.1) is 17.3 Å². The van der Waals surface area contributed by atoms with Crippen molar-refractivity contribution in [1.29, 1.82) is 0 Å². The summed E-state index contributed by atoms with van der Waals surface area (Å²) in [5, 5.41) is 9.68. The minimum absolute atomic E-state index is 0.0749. The monoisotopic (exact) mass is 417 g/mol. The molecule has 1 aliphatic carbocycles. The zero-order chi connectivity index (χ0) is 22.3. The van der Waals surface area contributed by atoms with Crippen LogP contribution in [0.3, 0.4) is 0 Å². The average molecular weight is 417 g/mol. The smallest absolute Gasteiger partial charge is 0.481 e. The highest BCUT2D eigenvalue weighted by Gasteiger charge is 2.51. The van der Waals surface area contributed by atoms with Crippen molar-refractivity contribution in [3.05, 3.63) is 18.3 Å². The lowest BCUT2D eigenvalue weighted by Crippen LogP contribution is -2.41. The fourth-order valence-electron chi connectivity index (χ4n) is 4.57. The van der Waals surface area contributed by atoms with Gasteiger partial charge in [-0.15, -0.1) is 0 Å². The molecule has 1 saturated heterocycles. The zero-order valence-electron chi connectivity index (χ0n) is 19.4. The Morgan fingerprint density at radius 1 is 1.13 bits per heavy atom. The summed E-state index contributed by atoms with van der Waals surface area (Å²) in [5.41, 5.74) is -0.132. The van der Waals surface area contributed by atoms with E-state index in [2.05, 4.69) is 4.98 Å². The van der Waals surface area contributed by atoms with Crippen molar-refractivity contribution < 1.29 is 23.9 Å². The van der Waals surface area contributed by atoms with Crippen molar-refractivity contribution in [3.8, 4) is 5.88 Å². The van der Waals surface area contributed by atoms with Crippen molar-refractivity contribution in [2.45, 2.75) is 91.5 Å². The number of nitrogens with zero attached hydrogens (tertiary/aromatic N) is 1. The Hall–Kier alpha value is -1.60. The van der Waals surface area contributed by atoms with Crippen LogP contribution in [-0.4, -0.2) is 40.5 Å². The first-order valence-corrected chi connectivity index (χ1v) is 11.0. The number of aliphatic carboxylic acids is 1. The van der Waals surface area contributed by atoms with Gasteiger partial charge in [0.1, 0.15) is 6.10 Å². The third-order valence-corrected chi connectivity index (χ3v) is 6.96. The highest BCUT2D eigenvalue weighted by atomic mass is 16.7. The number of carboxylic acid groups (broad SMARTS) is 1. The molecule has 0 aromatic carbocycles. The number of carbonyl (C=O) groups is 1. The molecule has 30 heavy (non-hydrogen) atoms. The quantitative estimate of drug-likeness (QED) is 0.728. The molecular weight excluding hydrogens is 381 g/mol. The van der Waals surface area contributed by atoms with Crippen LogP contribution in [0.5, 0.6) is 5.88 Å². The number of ether oxygens (including phenoxy) is 1. The van der Waals surface area contributed by atoms with E-state index in [9.17, 15) is 9.90 Å². The molecule has 1 N–H and O–H groups in total. The third kappa shape index (κ3) is 4.83. The molecule has 0 bridgehead atoms. The molecule has 1 aromatic heterocycles. The van der Waals surface area contributed by atoms with Gasteiger partial charge in [-0.25, -0.2) is 4.98 Å². The van der Waals surface area contributed by atoms with Gasteiger partial charge in [0.15, 0.2) is 0 Å². The van der Waals surface area contributed by atoms with E-state index in [0.29, 0.717) is 5.88 Å². The van der Waals surface area contributed by atoms with Crippen molar-refractivity contribution in [1.82, 2.24) is 4.98 Å². The minimum Gasteiger partial charge on any atom is -0.481 e. The van der Waals surface area contributed by atoms with Gasteiger partial charge in [-0.05, 0) is 70.8 Å². The van der Waals surface area contributed by atoms with E-state index in [1.54, 1.807) is 6.20 Å². The fraction of sp³-hybridized carbons (Fsp3) is 0.739. The molecule has 0 radical (unpaired) electrons. The van der Waals surface area contributed by atoms with E-state index in [-0.39, 0.29) is 34.6 Å². The van der Waals surface area contributed by atoms with E-state index in [0.717, 1.165) is 31.1 Å². The predicted molar refractivity (Wildman–Crippen MR) is 117 cm³/mol. The van der Waals surface area contributed by atoms with Crippen molar-refractivity contribution in [3.63, 3.8) is 0 Å². The molecule has 166 valence electrons. The van der Waals surface area contributed by atoms with Crippen LogP contribution in [0.15, 0.2) is 18.3 Å². The topological polar surface area (TPSA) is 77.9 Å². The van der Waals surface area contributed by atoms with Crippen molar-refractivity contribution in [2.24, 2.45) is 17.3 Å². The summed E-state index contributed by atoms with van der Waals surface area (Å²) in [7, 11) is -0.433. The average Bonchev–Trinajstić information content (AvgIpc) is 2.83. The molecule has 0 spiro atoms. The van der Waals surface area contributed by atoms with Gasteiger partial charge in [-0.1, -0.05) is 26.8 Å². The summed E-state index contributed by atoms with van der Waals surface area (Å²) in [4.78, 5) is 16.2. The maximum atomic E-state index is 11.8. The Morgan fingerprint density at radius 3 is 2.13 bits per heavy atom. The fourth-order valence-corrected chi connectivity index (χ4v) is 4.57. The molecule has 1 saturated carbocycles. The van der Waals surface area contributed by atoms with Gasteiger partial charge in [-0.2, -0.15) is 0 Å². The standard InChI is InChI=1S/C23H36BNO5/c1-21(2,3)19(20(26)27)15-8-11-17(12-9-15)28-18-13-10-16(14-25-18)24-29-22(4,5)23(6,7)30-24/h10,13-15,17,19H,8-9,11-12H2,1-7H3,(H,26,27)/t15-,17+,19?. The van der Waals surface area contributed by atoms with E-state index in [4.69, 9.17) is 14.0 Å². The van der Waals surface area contributed by atoms with Gasteiger partial charge < -0.3 is 19.2 Å². The van der Waals surface area contributed by atoms with Crippen LogP contribution < -0.4 is 10.2 Å². The van der Waals surface area contributed by atoms with E-state index in [1.165, 1.54) is 0 Å². The largest absolute Gasteiger partial charge is 0.496 e. The molecule has 1 aromatic rings. The first kappa shape index (κ1) is 23.1. The molecule has 0 amide bonds. The Kier molecular flexibility index (Phi) is 6.27. The molecule has 2 fully saturated rings. The molecule has 2 aliphatic rings. The number of aromatic nitrogens is 1. The van der Waals surface area contributed by atoms with Crippen LogP contribution in [-0.2, 0) is 14.1 Å². The maximum absolute atomic E-state index is 11.8. The summed E-state index contributed by atoms with van der Waals surface area (Å²) < 4.78 is 18.2. The van der Waals surface area contributed by atoms with Crippen LogP contribution in [0.2, 0.25) is 0 Å². The Bertz CT molecular complexity index is 732. The second-order valence-corrected chi connectivity index (χ2v) is 10.9. The van der Waals surface area contributed by atoms with E-state index in [1.807, 2.05) is 60.6 Å². The van der Waals surface area contributed by atoms with E-state index >= 15 is 0 Å². The Morgan fingerprint density at radius 2 is 1.70 bits per heavy atom. The molecule has 1 aliphatic heterocycles. The summed E-state index contributed by atoms with van der Waals surface area (Å²) in [6.07, 6.45) is 5.26. The zero-order valence-corrected chi connectivity index (χ0v) is 19.4. The molecule has 1 unspecified atom stereocenters. The number of carboxylic acids is 1. The predicted octanol–water partition coefficient (Wildman–Crippen LogP) is 4.07. The molecule has 2 heterocycles. The van der Waals surface area contributed by atoms with Gasteiger partial charge in [0.05, 0.1) is 17.1 Å². The first-order valence-electron chi connectivity index (χ1n) is 11.0. The van der Waals surface area contributed by atoms with Crippen LogP contribution in [0.4, 0.5) is 0 Å². The second kappa shape index (κ2) is 8.15. The summed E-state index contributed by atoms with van der Waals surface area (Å²) in [6.45, 7) is 14.2. The first-order chi connectivity index (χ1) is 13.8. The highest BCUT2D eigenvalue weighted by molar-refractivity contribution is 6.62. The van der Waals surface area contributed by atoms with Gasteiger partial charge in [0.25, 0.3) is 0 Å². The van der Waals surface area contributed by atoms with Crippen molar-refractivity contribution >= 4 is 18.6 Å². The molecule has 7 heteroatoms. The van der Waals surface area contributed by atoms with Gasteiger partial charge in [0, 0.05) is 11.7 Å². The molecule has 1 atom stereocenters. The lowest BCUT2D eigenvalue weighted by atomic mass is 9.68. The van der Waals surface area contributed by atoms with Gasteiger partial charge in [0.2, 0.25) is 5.88 Å². The molecule has 6 nitrogen and oxygen atoms in total. The van der Waals surface area contributed by atoms with E-state index < -0.39 is 13.1 Å². The maximum Gasteiger partial charge on any atom is 0.496 e. The SMILES string of the molecule is CC(C)(C)C(C(=O)O)[C@H]1CC[C@@H](Oc2ccc(B3OC(C)(C)C(C)(C)O3)cn2)CC1. The number of hydrogen-bond acceptors (Lipinski definition) is 5. The van der Waals surface area contributed by atoms with Crippen molar-refractivity contribution in [2.75, 3.05) is 0 Å². The lowest BCUT2D eigenvalue weighted by Gasteiger charge is -2.38. The molecule has 3 rings (SSSR count). The summed E-state index contributed by atoms with van der Waals surface area (Å²) in [6, 6.07) is 3.80. The third-order valence-electron chi connectivity index (χ3n) is 6.96. The number of hydrogen-bond donors (Lipinski definition) is 1. The Labute approximate surface area is 180 Å². The number of pyridine rings is 1.